The lowest BCUT2D eigenvalue weighted by Gasteiger charge is -2.46. The lowest BCUT2D eigenvalue weighted by molar-refractivity contribution is 0.0685. The summed E-state index contributed by atoms with van der Waals surface area (Å²) in [5.41, 5.74) is 4.89. The highest BCUT2D eigenvalue weighted by Crippen LogP contribution is 2.45. The van der Waals surface area contributed by atoms with Gasteiger partial charge in [0.25, 0.3) is 0 Å². The van der Waals surface area contributed by atoms with Crippen molar-refractivity contribution in [2.24, 2.45) is 0 Å². The third-order valence-corrected chi connectivity index (χ3v) is 11.3. The fourth-order valence-corrected chi connectivity index (χ4v) is 8.98. The van der Waals surface area contributed by atoms with E-state index >= 15 is 0 Å². The number of imidazole rings is 1. The predicted molar refractivity (Wildman–Crippen MR) is 180 cm³/mol. The maximum absolute atomic E-state index is 12.3. The van der Waals surface area contributed by atoms with E-state index in [1.54, 1.807) is 0 Å². The maximum atomic E-state index is 12.3. The summed E-state index contributed by atoms with van der Waals surface area (Å²) in [5.74, 6) is 0.878. The number of aromatic nitrogens is 2. The number of para-hydroxylation sites is 2. The Morgan fingerprint density at radius 3 is 2.28 bits per heavy atom. The molecule has 7 rings (SSSR count). The van der Waals surface area contributed by atoms with Gasteiger partial charge in [0.2, 0.25) is 0 Å². The zero-order valence-electron chi connectivity index (χ0n) is 27.3. The first-order valence-corrected chi connectivity index (χ1v) is 16.8. The van der Waals surface area contributed by atoms with Crippen molar-refractivity contribution in [3.8, 4) is 11.5 Å². The number of benzene rings is 3. The molecule has 0 amide bonds. The fraction of sp³-hybridized carbons (Fsp3) is 0.474. The van der Waals surface area contributed by atoms with E-state index < -0.39 is 5.97 Å². The molecule has 0 radical (unpaired) electrons. The Labute approximate surface area is 271 Å². The Morgan fingerprint density at radius 2 is 1.61 bits per heavy atom. The van der Waals surface area contributed by atoms with Crippen molar-refractivity contribution in [3.63, 3.8) is 0 Å². The smallest absolute Gasteiger partial charge is 0.339 e. The minimum absolute atomic E-state index is 0.110. The van der Waals surface area contributed by atoms with E-state index in [1.165, 1.54) is 51.0 Å². The fourth-order valence-electron chi connectivity index (χ4n) is 8.98. The molecular weight excluding hydrogens is 576 g/mol. The van der Waals surface area contributed by atoms with Gasteiger partial charge in [0, 0.05) is 24.7 Å². The third-order valence-electron chi connectivity index (χ3n) is 11.3. The molecule has 1 N–H and O–H groups in total. The van der Waals surface area contributed by atoms with Gasteiger partial charge in [-0.1, -0.05) is 48.5 Å². The van der Waals surface area contributed by atoms with Gasteiger partial charge in [-0.2, -0.15) is 0 Å². The molecule has 3 saturated heterocycles. The number of aromatic carboxylic acids is 1. The molecule has 3 aromatic carbocycles. The van der Waals surface area contributed by atoms with Crippen LogP contribution in [-0.4, -0.2) is 76.4 Å². The van der Waals surface area contributed by atoms with Crippen LogP contribution < -0.4 is 9.47 Å². The molecule has 0 aliphatic carbocycles. The topological polar surface area (TPSA) is 80.1 Å². The molecule has 3 fully saturated rings. The number of carboxylic acids is 1. The van der Waals surface area contributed by atoms with Gasteiger partial charge < -0.3 is 19.1 Å². The van der Waals surface area contributed by atoms with Crippen LogP contribution in [0.1, 0.15) is 78.3 Å². The molecular formula is C38H46N4O4. The summed E-state index contributed by atoms with van der Waals surface area (Å²) in [6.45, 7) is 5.71. The zero-order chi connectivity index (χ0) is 31.8. The summed E-state index contributed by atoms with van der Waals surface area (Å²) in [6, 6.07) is 25.1. The molecule has 46 heavy (non-hydrogen) atoms. The van der Waals surface area contributed by atoms with Gasteiger partial charge in [0.1, 0.15) is 11.4 Å². The summed E-state index contributed by atoms with van der Waals surface area (Å²) in [6.07, 6.45) is 8.22. The number of piperidine rings is 2. The number of aryl methyl sites for hydroxylation is 1. The Morgan fingerprint density at radius 1 is 0.913 bits per heavy atom. The summed E-state index contributed by atoms with van der Waals surface area (Å²) >= 11 is 0. The van der Waals surface area contributed by atoms with Crippen LogP contribution in [0.5, 0.6) is 11.5 Å². The summed E-state index contributed by atoms with van der Waals surface area (Å²) in [5, 5.41) is 10.1. The Balaban J connectivity index is 1.06. The highest BCUT2D eigenvalue weighted by molar-refractivity contribution is 5.94. The quantitative estimate of drug-likeness (QED) is 0.207. The van der Waals surface area contributed by atoms with E-state index in [1.807, 2.05) is 12.1 Å². The van der Waals surface area contributed by atoms with Gasteiger partial charge in [-0.3, -0.25) is 9.80 Å². The van der Waals surface area contributed by atoms with Crippen LogP contribution in [0.2, 0.25) is 0 Å². The molecule has 242 valence electrons. The number of rotatable bonds is 10. The Bertz CT molecular complexity index is 1680. The first kappa shape index (κ1) is 30.8. The number of carboxylic acid groups (broad SMARTS) is 1. The molecule has 1 unspecified atom stereocenters. The van der Waals surface area contributed by atoms with Crippen molar-refractivity contribution in [2.75, 3.05) is 33.9 Å². The van der Waals surface area contributed by atoms with Crippen molar-refractivity contribution in [1.29, 1.82) is 0 Å². The lowest BCUT2D eigenvalue weighted by atomic mass is 9.70. The maximum Gasteiger partial charge on any atom is 0.339 e. The number of nitrogens with zero attached hydrogens (tertiary/aromatic N) is 4. The van der Waals surface area contributed by atoms with E-state index in [9.17, 15) is 9.90 Å². The normalized spacial score (nSPS) is 23.1. The van der Waals surface area contributed by atoms with Crippen molar-refractivity contribution in [2.45, 2.75) is 82.0 Å². The third kappa shape index (κ3) is 5.56. The van der Waals surface area contributed by atoms with E-state index in [4.69, 9.17) is 14.5 Å². The molecule has 1 aromatic heterocycles. The number of hydrogen-bond donors (Lipinski definition) is 1. The Hall–Kier alpha value is -3.88. The molecule has 4 aromatic rings. The average molecular weight is 623 g/mol. The SMILES string of the molecule is COc1ccc(CN2CCC(CCN3[C@@H]4CC[C@H]3CC(n3c(C)nc5ccccc53)C4)(c3ccccc3)CC2)c(C(=O)O)c1OC. The molecule has 4 heterocycles. The molecule has 2 bridgehead atoms. The van der Waals surface area contributed by atoms with Crippen molar-refractivity contribution < 1.29 is 19.4 Å². The second kappa shape index (κ2) is 12.7. The van der Waals surface area contributed by atoms with E-state index in [0.29, 0.717) is 30.4 Å². The van der Waals surface area contributed by atoms with Crippen LogP contribution >= 0.6 is 0 Å². The number of likely N-dealkylation sites (tertiary alicyclic amines) is 1. The molecule has 0 spiro atoms. The number of fused-ring (bicyclic) bond motifs is 3. The standard InChI is InChI=1S/C38H46N4O4/c1-26-39-32-11-7-8-12-33(32)42(26)31-23-29-14-15-30(24-31)41(29)22-19-38(28-9-5-4-6-10-28)17-20-40(21-18-38)25-27-13-16-34(45-2)36(46-3)35(27)37(43)44/h4-13,16,29-31H,14-15,17-25H2,1-3H3,(H,43,44)/t29-,30+,31?. The van der Waals surface area contributed by atoms with Crippen molar-refractivity contribution in [1.82, 2.24) is 19.4 Å². The van der Waals surface area contributed by atoms with E-state index in [-0.39, 0.29) is 16.7 Å². The first-order valence-electron chi connectivity index (χ1n) is 16.8. The van der Waals surface area contributed by atoms with Crippen molar-refractivity contribution >= 4 is 17.0 Å². The zero-order valence-corrected chi connectivity index (χ0v) is 27.3. The minimum Gasteiger partial charge on any atom is -0.493 e. The lowest BCUT2D eigenvalue weighted by Crippen LogP contribution is -2.48. The number of hydrogen-bond acceptors (Lipinski definition) is 6. The first-order chi connectivity index (χ1) is 22.4. The van der Waals surface area contributed by atoms with E-state index in [0.717, 1.165) is 55.8 Å². The van der Waals surface area contributed by atoms with Crippen LogP contribution in [0.3, 0.4) is 0 Å². The number of methoxy groups -OCH3 is 2. The summed E-state index contributed by atoms with van der Waals surface area (Å²) in [4.78, 5) is 22.4. The molecule has 3 aliphatic rings. The van der Waals surface area contributed by atoms with Gasteiger partial charge in [-0.05, 0) is 106 Å². The van der Waals surface area contributed by atoms with Crippen LogP contribution in [0, 0.1) is 6.92 Å². The highest BCUT2D eigenvalue weighted by Gasteiger charge is 2.44. The number of carbonyl (C=O) groups is 1. The van der Waals surface area contributed by atoms with E-state index in [2.05, 4.69) is 75.9 Å². The predicted octanol–water partition coefficient (Wildman–Crippen LogP) is 6.85. The second-order valence-corrected chi connectivity index (χ2v) is 13.6. The van der Waals surface area contributed by atoms with Crippen LogP contribution in [0.15, 0.2) is 66.7 Å². The molecule has 8 heteroatoms. The van der Waals surface area contributed by atoms with Crippen LogP contribution in [0.4, 0.5) is 0 Å². The molecule has 0 saturated carbocycles. The second-order valence-electron chi connectivity index (χ2n) is 13.6. The van der Waals surface area contributed by atoms with Crippen LogP contribution in [-0.2, 0) is 12.0 Å². The van der Waals surface area contributed by atoms with Gasteiger partial charge in [-0.25, -0.2) is 9.78 Å². The van der Waals surface area contributed by atoms with Gasteiger partial charge >= 0.3 is 5.97 Å². The highest BCUT2D eigenvalue weighted by atomic mass is 16.5. The van der Waals surface area contributed by atoms with Crippen LogP contribution in [0.25, 0.3) is 11.0 Å². The molecule has 8 nitrogen and oxygen atoms in total. The molecule has 3 aliphatic heterocycles. The average Bonchev–Trinajstić information content (AvgIpc) is 3.54. The Kier molecular flexibility index (Phi) is 8.51. The van der Waals surface area contributed by atoms with Gasteiger partial charge in [-0.15, -0.1) is 0 Å². The number of ether oxygens (including phenoxy) is 2. The van der Waals surface area contributed by atoms with Crippen molar-refractivity contribution in [3.05, 3.63) is 89.2 Å². The summed E-state index contributed by atoms with van der Waals surface area (Å²) < 4.78 is 13.4. The minimum atomic E-state index is -0.990. The van der Waals surface area contributed by atoms with Gasteiger partial charge in [0.05, 0.1) is 25.3 Å². The molecule has 3 atom stereocenters. The van der Waals surface area contributed by atoms with Gasteiger partial charge in [0.15, 0.2) is 11.5 Å². The monoisotopic (exact) mass is 622 g/mol. The largest absolute Gasteiger partial charge is 0.493 e. The summed E-state index contributed by atoms with van der Waals surface area (Å²) in [7, 11) is 3.03.